The summed E-state index contributed by atoms with van der Waals surface area (Å²) in [5.41, 5.74) is 0.903. The maximum Gasteiger partial charge on any atom is 0.298 e. The molecule has 0 unspecified atom stereocenters. The molecule has 0 aliphatic rings. The topological polar surface area (TPSA) is 83.8 Å². The van der Waals surface area contributed by atoms with Crippen LogP contribution in [0.1, 0.15) is 89.5 Å². The van der Waals surface area contributed by atoms with Crippen LogP contribution in [0.5, 0.6) is 17.2 Å². The number of hydrogen-bond acceptors (Lipinski definition) is 4. The van der Waals surface area contributed by atoms with E-state index in [0.29, 0.717) is 5.75 Å². The summed E-state index contributed by atoms with van der Waals surface area (Å²) in [6.45, 7) is 2.25. The Balaban J connectivity index is 1.78. The maximum atomic E-state index is 11.6. The minimum atomic E-state index is -4.40. The summed E-state index contributed by atoms with van der Waals surface area (Å²) >= 11 is 0. The zero-order chi connectivity index (χ0) is 23.2. The van der Waals surface area contributed by atoms with Crippen LogP contribution in [-0.2, 0) is 16.5 Å². The van der Waals surface area contributed by atoms with Gasteiger partial charge < -0.3 is 9.84 Å². The number of para-hydroxylation sites is 1. The van der Waals surface area contributed by atoms with Gasteiger partial charge in [0.25, 0.3) is 10.1 Å². The molecule has 0 radical (unpaired) electrons. The summed E-state index contributed by atoms with van der Waals surface area (Å²) in [4.78, 5) is -0.292. The van der Waals surface area contributed by atoms with E-state index in [1.165, 1.54) is 88.5 Å². The second-order valence-electron chi connectivity index (χ2n) is 8.45. The molecule has 0 amide bonds. The first kappa shape index (κ1) is 26.2. The van der Waals surface area contributed by atoms with Crippen molar-refractivity contribution in [2.75, 3.05) is 0 Å². The fraction of sp³-hybridized carbons (Fsp3) is 0.538. The lowest BCUT2D eigenvalue weighted by atomic mass is 10.0. The monoisotopic (exact) mass is 462 g/mol. The average Bonchev–Trinajstić information content (AvgIpc) is 2.75. The van der Waals surface area contributed by atoms with E-state index in [1.807, 2.05) is 0 Å². The molecule has 2 aromatic rings. The predicted molar refractivity (Wildman–Crippen MR) is 129 cm³/mol. The maximum absolute atomic E-state index is 11.6. The Kier molecular flexibility index (Phi) is 11.6. The molecule has 0 atom stereocenters. The van der Waals surface area contributed by atoms with Crippen LogP contribution in [0.15, 0.2) is 47.4 Å². The van der Waals surface area contributed by atoms with E-state index in [2.05, 4.69) is 6.92 Å². The number of aromatic hydroxyl groups is 1. The predicted octanol–water partition coefficient (Wildman–Crippen LogP) is 7.67. The molecule has 0 bridgehead atoms. The van der Waals surface area contributed by atoms with E-state index in [-0.39, 0.29) is 16.4 Å². The Morgan fingerprint density at radius 1 is 0.750 bits per heavy atom. The van der Waals surface area contributed by atoms with Crippen LogP contribution in [0.4, 0.5) is 0 Å². The first-order valence-electron chi connectivity index (χ1n) is 12.0. The van der Waals surface area contributed by atoms with Crippen molar-refractivity contribution in [2.45, 2.75) is 95.3 Å². The molecule has 2 N–H and O–H groups in total. The summed E-state index contributed by atoms with van der Waals surface area (Å²) in [7, 11) is -4.40. The lowest BCUT2D eigenvalue weighted by Crippen LogP contribution is -2.01. The molecule has 2 rings (SSSR count). The SMILES string of the molecule is CCCCCCCCCCCCCCc1ccc(O)cc1Oc1ccccc1S(=O)(=O)O. The Morgan fingerprint density at radius 3 is 1.91 bits per heavy atom. The van der Waals surface area contributed by atoms with Crippen molar-refractivity contribution >= 4 is 10.1 Å². The van der Waals surface area contributed by atoms with Crippen molar-refractivity contribution in [3.8, 4) is 17.2 Å². The van der Waals surface area contributed by atoms with Crippen molar-refractivity contribution in [1.29, 1.82) is 0 Å². The van der Waals surface area contributed by atoms with Crippen molar-refractivity contribution in [3.05, 3.63) is 48.0 Å². The van der Waals surface area contributed by atoms with Crippen LogP contribution in [0, 0.1) is 0 Å². The molecule has 0 aromatic heterocycles. The second-order valence-corrected chi connectivity index (χ2v) is 9.84. The zero-order valence-electron chi connectivity index (χ0n) is 19.3. The number of ether oxygens (including phenoxy) is 1. The van der Waals surface area contributed by atoms with Gasteiger partial charge in [-0.3, -0.25) is 4.55 Å². The van der Waals surface area contributed by atoms with E-state index in [4.69, 9.17) is 4.74 Å². The summed E-state index contributed by atoms with van der Waals surface area (Å²) in [5, 5.41) is 9.87. The van der Waals surface area contributed by atoms with Crippen molar-refractivity contribution in [1.82, 2.24) is 0 Å². The van der Waals surface area contributed by atoms with Crippen molar-refractivity contribution < 1.29 is 22.8 Å². The van der Waals surface area contributed by atoms with E-state index >= 15 is 0 Å². The minimum Gasteiger partial charge on any atom is -0.508 e. The van der Waals surface area contributed by atoms with E-state index < -0.39 is 10.1 Å². The highest BCUT2D eigenvalue weighted by Gasteiger charge is 2.17. The smallest absolute Gasteiger partial charge is 0.298 e. The molecule has 0 saturated carbocycles. The van der Waals surface area contributed by atoms with Crippen LogP contribution in [-0.4, -0.2) is 18.1 Å². The highest BCUT2D eigenvalue weighted by molar-refractivity contribution is 7.86. The standard InChI is InChI=1S/C26H38O5S/c1-2-3-4-5-6-7-8-9-10-11-12-13-16-22-19-20-23(27)21-25(22)31-24-17-14-15-18-26(24)32(28,29)30/h14-15,17-21,27H,2-13,16H2,1H3,(H,28,29,30). The number of hydrogen-bond donors (Lipinski definition) is 2. The highest BCUT2D eigenvalue weighted by atomic mass is 32.2. The molecule has 0 heterocycles. The lowest BCUT2D eigenvalue weighted by molar-refractivity contribution is 0.436. The molecule has 32 heavy (non-hydrogen) atoms. The van der Waals surface area contributed by atoms with E-state index in [9.17, 15) is 18.1 Å². The minimum absolute atomic E-state index is 0.0385. The largest absolute Gasteiger partial charge is 0.508 e. The summed E-state index contributed by atoms with van der Waals surface area (Å²) in [6, 6.07) is 10.8. The number of aryl methyl sites for hydroxylation is 1. The molecule has 6 heteroatoms. The van der Waals surface area contributed by atoms with Crippen LogP contribution >= 0.6 is 0 Å². The first-order valence-corrected chi connectivity index (χ1v) is 13.4. The number of benzene rings is 2. The van der Waals surface area contributed by atoms with Gasteiger partial charge in [0.1, 0.15) is 22.1 Å². The molecule has 0 fully saturated rings. The number of phenolic OH excluding ortho intramolecular Hbond substituents is 1. The molecule has 0 saturated heterocycles. The van der Waals surface area contributed by atoms with E-state index in [0.717, 1.165) is 24.8 Å². The summed E-state index contributed by atoms with van der Waals surface area (Å²) < 4.78 is 38.5. The van der Waals surface area contributed by atoms with Gasteiger partial charge in [0, 0.05) is 6.07 Å². The third-order valence-electron chi connectivity index (χ3n) is 5.70. The Hall–Kier alpha value is -2.05. The van der Waals surface area contributed by atoms with Crippen LogP contribution < -0.4 is 4.74 Å². The Labute approximate surface area is 193 Å². The fourth-order valence-corrected chi connectivity index (χ4v) is 4.48. The summed E-state index contributed by atoms with van der Waals surface area (Å²) in [6.07, 6.45) is 16.1. The molecule has 0 aliphatic heterocycles. The molecule has 2 aromatic carbocycles. The van der Waals surface area contributed by atoms with Crippen LogP contribution in [0.25, 0.3) is 0 Å². The first-order chi connectivity index (χ1) is 15.4. The second kappa shape index (κ2) is 14.2. The highest BCUT2D eigenvalue weighted by Crippen LogP contribution is 2.33. The van der Waals surface area contributed by atoms with Gasteiger partial charge in [-0.05, 0) is 36.6 Å². The van der Waals surface area contributed by atoms with Gasteiger partial charge in [0.15, 0.2) is 0 Å². The normalized spacial score (nSPS) is 11.6. The average molecular weight is 463 g/mol. The third kappa shape index (κ3) is 9.61. The number of phenols is 1. The summed E-state index contributed by atoms with van der Waals surface area (Å²) in [5.74, 6) is 0.489. The quantitative estimate of drug-likeness (QED) is 0.197. The Morgan fingerprint density at radius 2 is 1.31 bits per heavy atom. The Bertz CT molecular complexity index is 908. The van der Waals surface area contributed by atoms with Gasteiger partial charge in [0.05, 0.1) is 0 Å². The van der Waals surface area contributed by atoms with Crippen LogP contribution in [0.2, 0.25) is 0 Å². The van der Waals surface area contributed by atoms with Gasteiger partial charge in [-0.15, -0.1) is 0 Å². The zero-order valence-corrected chi connectivity index (χ0v) is 20.1. The van der Waals surface area contributed by atoms with Gasteiger partial charge in [-0.25, -0.2) is 0 Å². The van der Waals surface area contributed by atoms with Gasteiger partial charge in [0.2, 0.25) is 0 Å². The number of unbranched alkanes of at least 4 members (excludes halogenated alkanes) is 11. The van der Waals surface area contributed by atoms with Crippen molar-refractivity contribution in [3.63, 3.8) is 0 Å². The lowest BCUT2D eigenvalue weighted by Gasteiger charge is -2.13. The fourth-order valence-electron chi connectivity index (χ4n) is 3.87. The molecule has 178 valence electrons. The molecular formula is C26H38O5S. The molecular weight excluding hydrogens is 424 g/mol. The molecule has 5 nitrogen and oxygen atoms in total. The van der Waals surface area contributed by atoms with Gasteiger partial charge >= 0.3 is 0 Å². The van der Waals surface area contributed by atoms with Crippen molar-refractivity contribution in [2.24, 2.45) is 0 Å². The van der Waals surface area contributed by atoms with Gasteiger partial charge in [-0.2, -0.15) is 8.42 Å². The number of rotatable bonds is 16. The van der Waals surface area contributed by atoms with Gasteiger partial charge in [-0.1, -0.05) is 95.8 Å². The molecule has 0 aliphatic carbocycles. The van der Waals surface area contributed by atoms with E-state index in [1.54, 1.807) is 18.2 Å². The third-order valence-corrected chi connectivity index (χ3v) is 6.59. The van der Waals surface area contributed by atoms with Crippen LogP contribution in [0.3, 0.4) is 0 Å². The molecule has 0 spiro atoms.